The number of amides is 3. The maximum atomic E-state index is 13.4. The van der Waals surface area contributed by atoms with Gasteiger partial charge in [0, 0.05) is 6.54 Å². The second-order valence-corrected chi connectivity index (χ2v) is 11.4. The topological polar surface area (TPSA) is 151 Å². The van der Waals surface area contributed by atoms with Crippen LogP contribution in [0.3, 0.4) is 0 Å². The van der Waals surface area contributed by atoms with Gasteiger partial charge >= 0.3 is 18.0 Å². The van der Waals surface area contributed by atoms with E-state index in [9.17, 15) is 29.1 Å². The number of hydrogen-bond acceptors (Lipinski definition) is 7. The minimum absolute atomic E-state index is 0.0535. The monoisotopic (exact) mass is 533 g/mol. The van der Waals surface area contributed by atoms with E-state index in [1.54, 1.807) is 65.8 Å². The third kappa shape index (κ3) is 9.35. The number of likely N-dealkylation sites (tertiary alicyclic amines) is 1. The first-order chi connectivity index (χ1) is 17.6. The SMILES string of the molecule is CC(C)(C)OC(=O)CC(NC(=O)OCc1ccccc1)C(=O)NC(C(=O)N1CCCC1C(=O)O)C(C)(C)C. The average molecular weight is 534 g/mol. The molecule has 1 heterocycles. The van der Waals surface area contributed by atoms with Crippen molar-refractivity contribution >= 4 is 29.8 Å². The summed E-state index contributed by atoms with van der Waals surface area (Å²) in [6, 6.07) is 5.42. The van der Waals surface area contributed by atoms with E-state index in [4.69, 9.17) is 9.47 Å². The Balaban J connectivity index is 2.21. The number of nitrogens with one attached hydrogen (secondary N) is 2. The molecule has 3 unspecified atom stereocenters. The fourth-order valence-electron chi connectivity index (χ4n) is 4.01. The number of ether oxygens (including phenoxy) is 2. The highest BCUT2D eigenvalue weighted by Gasteiger charge is 2.43. The number of carboxylic acid groups (broad SMARTS) is 1. The van der Waals surface area contributed by atoms with Crippen molar-refractivity contribution in [2.75, 3.05) is 6.54 Å². The van der Waals surface area contributed by atoms with Crippen molar-refractivity contribution in [1.29, 1.82) is 0 Å². The lowest BCUT2D eigenvalue weighted by atomic mass is 9.85. The van der Waals surface area contributed by atoms with Crippen molar-refractivity contribution in [3.05, 3.63) is 35.9 Å². The van der Waals surface area contributed by atoms with Gasteiger partial charge in [0.15, 0.2) is 0 Å². The van der Waals surface area contributed by atoms with Crippen molar-refractivity contribution in [1.82, 2.24) is 15.5 Å². The Morgan fingerprint density at radius 3 is 2.21 bits per heavy atom. The Kier molecular flexibility index (Phi) is 10.3. The van der Waals surface area contributed by atoms with Crippen LogP contribution in [0.1, 0.15) is 66.4 Å². The van der Waals surface area contributed by atoms with E-state index in [0.717, 1.165) is 5.56 Å². The number of carbonyl (C=O) groups is 5. The Morgan fingerprint density at radius 1 is 1.03 bits per heavy atom. The first kappa shape index (κ1) is 30.6. The molecule has 3 atom stereocenters. The van der Waals surface area contributed by atoms with Gasteiger partial charge in [0.2, 0.25) is 11.8 Å². The maximum Gasteiger partial charge on any atom is 0.408 e. The predicted molar refractivity (Wildman–Crippen MR) is 138 cm³/mol. The summed E-state index contributed by atoms with van der Waals surface area (Å²) >= 11 is 0. The summed E-state index contributed by atoms with van der Waals surface area (Å²) < 4.78 is 10.5. The van der Waals surface area contributed by atoms with Gasteiger partial charge in [0.1, 0.15) is 30.3 Å². The fourth-order valence-corrected chi connectivity index (χ4v) is 4.01. The van der Waals surface area contributed by atoms with Gasteiger partial charge in [0.25, 0.3) is 0 Å². The summed E-state index contributed by atoms with van der Waals surface area (Å²) in [4.78, 5) is 64.7. The van der Waals surface area contributed by atoms with Crippen LogP contribution in [0.25, 0.3) is 0 Å². The minimum Gasteiger partial charge on any atom is -0.480 e. The lowest BCUT2D eigenvalue weighted by Gasteiger charge is -2.35. The molecule has 1 aliphatic heterocycles. The second-order valence-electron chi connectivity index (χ2n) is 11.4. The molecule has 2 rings (SSSR count). The standard InChI is InChI=1S/C27H39N3O8/c1-26(2,3)21(23(33)30-14-10-13-19(30)24(34)35)29-22(32)18(15-20(31)38-27(4,5)6)28-25(36)37-16-17-11-8-7-9-12-17/h7-9,11-12,18-19,21H,10,13-16H2,1-6H3,(H,28,36)(H,29,32)(H,34,35). The van der Waals surface area contributed by atoms with E-state index >= 15 is 0 Å². The zero-order chi connectivity index (χ0) is 28.7. The largest absolute Gasteiger partial charge is 0.480 e. The molecule has 1 aromatic rings. The summed E-state index contributed by atoms with van der Waals surface area (Å²) in [6.45, 7) is 10.4. The molecule has 1 aromatic carbocycles. The van der Waals surface area contributed by atoms with Crippen molar-refractivity contribution in [2.24, 2.45) is 5.41 Å². The molecule has 0 spiro atoms. The van der Waals surface area contributed by atoms with Crippen molar-refractivity contribution in [3.8, 4) is 0 Å². The van der Waals surface area contributed by atoms with E-state index < -0.39 is 65.4 Å². The molecule has 11 nitrogen and oxygen atoms in total. The van der Waals surface area contributed by atoms with Crippen LogP contribution < -0.4 is 10.6 Å². The zero-order valence-corrected chi connectivity index (χ0v) is 22.9. The summed E-state index contributed by atoms with van der Waals surface area (Å²) in [6.07, 6.45) is -0.580. The third-order valence-corrected chi connectivity index (χ3v) is 5.83. The van der Waals surface area contributed by atoms with Crippen molar-refractivity contribution in [2.45, 2.75) is 91.1 Å². The molecule has 3 N–H and O–H groups in total. The van der Waals surface area contributed by atoms with Gasteiger partial charge in [-0.1, -0.05) is 51.1 Å². The second kappa shape index (κ2) is 12.7. The minimum atomic E-state index is -1.40. The number of alkyl carbamates (subject to hydrolysis) is 1. The van der Waals surface area contributed by atoms with Gasteiger partial charge in [-0.25, -0.2) is 9.59 Å². The first-order valence-corrected chi connectivity index (χ1v) is 12.6. The molecular formula is C27H39N3O8. The fraction of sp³-hybridized carbons (Fsp3) is 0.593. The molecule has 3 amide bonds. The number of nitrogens with zero attached hydrogens (tertiary/aromatic N) is 1. The smallest absolute Gasteiger partial charge is 0.408 e. The van der Waals surface area contributed by atoms with Crippen molar-refractivity contribution < 1.29 is 38.6 Å². The molecule has 11 heteroatoms. The quantitative estimate of drug-likeness (QED) is 0.410. The molecule has 0 aromatic heterocycles. The normalized spacial score (nSPS) is 17.2. The van der Waals surface area contributed by atoms with Gasteiger partial charge in [0.05, 0.1) is 6.42 Å². The number of aliphatic carboxylic acids is 1. The Morgan fingerprint density at radius 2 is 1.66 bits per heavy atom. The third-order valence-electron chi connectivity index (χ3n) is 5.83. The number of carbonyl (C=O) groups excluding carboxylic acids is 4. The molecule has 38 heavy (non-hydrogen) atoms. The van der Waals surface area contributed by atoms with E-state index in [2.05, 4.69) is 10.6 Å². The van der Waals surface area contributed by atoms with E-state index in [1.807, 2.05) is 6.07 Å². The van der Waals surface area contributed by atoms with Crippen LogP contribution in [0.2, 0.25) is 0 Å². The molecule has 0 bridgehead atoms. The lowest BCUT2D eigenvalue weighted by Crippen LogP contribution is -2.60. The average Bonchev–Trinajstić information content (AvgIpc) is 3.29. The number of hydrogen-bond donors (Lipinski definition) is 3. The van der Waals surface area contributed by atoms with Crippen molar-refractivity contribution in [3.63, 3.8) is 0 Å². The maximum absolute atomic E-state index is 13.4. The molecule has 1 fully saturated rings. The molecule has 0 aliphatic carbocycles. The summed E-state index contributed by atoms with van der Waals surface area (Å²) in [5.41, 5.74) is -0.895. The Hall–Kier alpha value is -3.63. The highest BCUT2D eigenvalue weighted by Crippen LogP contribution is 2.26. The molecule has 0 radical (unpaired) electrons. The van der Waals surface area contributed by atoms with Gasteiger partial charge in [-0.15, -0.1) is 0 Å². The van der Waals surface area contributed by atoms with E-state index in [1.165, 1.54) is 4.90 Å². The van der Waals surface area contributed by atoms with Crippen LogP contribution in [-0.4, -0.2) is 70.1 Å². The van der Waals surface area contributed by atoms with Gasteiger partial charge < -0.3 is 30.1 Å². The van der Waals surface area contributed by atoms with Gasteiger partial charge in [-0.2, -0.15) is 0 Å². The van der Waals surface area contributed by atoms with Crippen LogP contribution in [0.15, 0.2) is 30.3 Å². The number of benzene rings is 1. The predicted octanol–water partition coefficient (Wildman–Crippen LogP) is 2.62. The Bertz CT molecular complexity index is 1010. The first-order valence-electron chi connectivity index (χ1n) is 12.6. The number of carboxylic acids is 1. The van der Waals surface area contributed by atoms with Crippen LogP contribution in [0, 0.1) is 5.41 Å². The summed E-state index contributed by atoms with van der Waals surface area (Å²) in [5.74, 6) is -3.18. The van der Waals surface area contributed by atoms with E-state index in [-0.39, 0.29) is 13.2 Å². The molecule has 210 valence electrons. The summed E-state index contributed by atoms with van der Waals surface area (Å²) in [5, 5.41) is 14.6. The van der Waals surface area contributed by atoms with E-state index in [0.29, 0.717) is 12.8 Å². The highest BCUT2D eigenvalue weighted by molar-refractivity contribution is 5.95. The zero-order valence-electron chi connectivity index (χ0n) is 22.9. The molecule has 0 saturated carbocycles. The van der Waals surface area contributed by atoms with Crippen LogP contribution in [-0.2, 0) is 35.3 Å². The van der Waals surface area contributed by atoms with Gasteiger partial charge in [-0.05, 0) is 44.6 Å². The highest BCUT2D eigenvalue weighted by atomic mass is 16.6. The Labute approximate surface area is 223 Å². The number of rotatable bonds is 9. The molecule has 1 saturated heterocycles. The lowest BCUT2D eigenvalue weighted by molar-refractivity contribution is -0.156. The molecule has 1 aliphatic rings. The summed E-state index contributed by atoms with van der Waals surface area (Å²) in [7, 11) is 0. The van der Waals surface area contributed by atoms with Crippen LogP contribution in [0.5, 0.6) is 0 Å². The molecular weight excluding hydrogens is 494 g/mol. The van der Waals surface area contributed by atoms with Crippen LogP contribution >= 0.6 is 0 Å². The number of esters is 1. The van der Waals surface area contributed by atoms with Gasteiger partial charge in [-0.3, -0.25) is 14.4 Å². The van der Waals surface area contributed by atoms with Crippen LogP contribution in [0.4, 0.5) is 4.79 Å².